The third-order valence-electron chi connectivity index (χ3n) is 3.12. The molecule has 18 heavy (non-hydrogen) atoms. The van der Waals surface area contributed by atoms with Gasteiger partial charge in [0.1, 0.15) is 11.6 Å². The highest BCUT2D eigenvalue weighted by molar-refractivity contribution is 5.50. The molecule has 100 valence electrons. The first-order chi connectivity index (χ1) is 8.49. The van der Waals surface area contributed by atoms with Gasteiger partial charge in [0.25, 0.3) is 0 Å². The minimum absolute atomic E-state index is 0.227. The summed E-state index contributed by atoms with van der Waals surface area (Å²) in [6.45, 7) is 0. The number of hydrogen-bond donors (Lipinski definition) is 2. The fraction of sp³-hybridized carbons (Fsp3) is 0.583. The lowest BCUT2D eigenvalue weighted by atomic mass is 10.2. The molecule has 1 aromatic heterocycles. The molecule has 2 N–H and O–H groups in total. The largest absolute Gasteiger partial charge is 0.416 e. The molecule has 0 saturated heterocycles. The Morgan fingerprint density at radius 1 is 1.17 bits per heavy atom. The first-order valence-corrected chi connectivity index (χ1v) is 6.02. The molecule has 0 radical (unpaired) electrons. The molecule has 1 fully saturated rings. The van der Waals surface area contributed by atoms with Gasteiger partial charge in [-0.1, -0.05) is 12.8 Å². The molecule has 1 aliphatic rings. The van der Waals surface area contributed by atoms with Crippen molar-refractivity contribution >= 4 is 11.6 Å². The van der Waals surface area contributed by atoms with Crippen LogP contribution in [0.5, 0.6) is 0 Å². The fourth-order valence-electron chi connectivity index (χ4n) is 2.18. The number of anilines is 2. The second kappa shape index (κ2) is 5.04. The van der Waals surface area contributed by atoms with Crippen LogP contribution in [0.3, 0.4) is 0 Å². The maximum atomic E-state index is 12.7. The number of alkyl halides is 3. The van der Waals surface area contributed by atoms with Crippen LogP contribution >= 0.6 is 0 Å². The molecule has 1 aliphatic carbocycles. The van der Waals surface area contributed by atoms with Crippen LogP contribution in [0.1, 0.15) is 31.2 Å². The van der Waals surface area contributed by atoms with Gasteiger partial charge in [0.15, 0.2) is 0 Å². The maximum absolute atomic E-state index is 12.7. The Kier molecular flexibility index (Phi) is 3.63. The van der Waals surface area contributed by atoms with Crippen molar-refractivity contribution in [3.8, 4) is 0 Å². The number of pyridine rings is 1. The second-order valence-corrected chi connectivity index (χ2v) is 4.50. The maximum Gasteiger partial charge on any atom is 0.416 e. The van der Waals surface area contributed by atoms with E-state index >= 15 is 0 Å². The summed E-state index contributed by atoms with van der Waals surface area (Å²) in [4.78, 5) is 4.11. The van der Waals surface area contributed by atoms with Crippen LogP contribution in [0, 0.1) is 0 Å². The van der Waals surface area contributed by atoms with Gasteiger partial charge < -0.3 is 10.6 Å². The van der Waals surface area contributed by atoms with E-state index in [1.807, 2.05) is 0 Å². The Bertz CT molecular complexity index is 412. The molecule has 0 amide bonds. The van der Waals surface area contributed by atoms with Crippen molar-refractivity contribution in [1.29, 1.82) is 0 Å². The normalized spacial score (nSPS) is 16.9. The minimum Gasteiger partial charge on any atom is -0.373 e. The number of nitrogens with zero attached hydrogens (tertiary/aromatic N) is 1. The summed E-state index contributed by atoms with van der Waals surface area (Å²) in [7, 11) is 1.56. The Labute approximate surface area is 104 Å². The van der Waals surface area contributed by atoms with Crippen molar-refractivity contribution < 1.29 is 13.2 Å². The molecule has 1 heterocycles. The van der Waals surface area contributed by atoms with Gasteiger partial charge >= 0.3 is 6.18 Å². The zero-order chi connectivity index (χ0) is 13.2. The first kappa shape index (κ1) is 13.0. The van der Waals surface area contributed by atoms with Crippen molar-refractivity contribution in [3.63, 3.8) is 0 Å². The Morgan fingerprint density at radius 3 is 2.33 bits per heavy atom. The molecule has 0 bridgehead atoms. The molecule has 1 aromatic rings. The van der Waals surface area contributed by atoms with Crippen LogP contribution in [-0.2, 0) is 6.18 Å². The van der Waals surface area contributed by atoms with Gasteiger partial charge in [-0.3, -0.25) is 0 Å². The monoisotopic (exact) mass is 259 g/mol. The van der Waals surface area contributed by atoms with E-state index in [1.165, 1.54) is 0 Å². The Hall–Kier alpha value is -1.46. The van der Waals surface area contributed by atoms with Gasteiger partial charge in [0, 0.05) is 13.1 Å². The van der Waals surface area contributed by atoms with E-state index in [1.54, 1.807) is 7.05 Å². The third-order valence-corrected chi connectivity index (χ3v) is 3.12. The van der Waals surface area contributed by atoms with Crippen molar-refractivity contribution in [1.82, 2.24) is 4.98 Å². The fourth-order valence-corrected chi connectivity index (χ4v) is 2.18. The zero-order valence-corrected chi connectivity index (χ0v) is 10.1. The lowest BCUT2D eigenvalue weighted by Gasteiger charge is -2.16. The number of hydrogen-bond acceptors (Lipinski definition) is 3. The van der Waals surface area contributed by atoms with Crippen molar-refractivity contribution in [2.24, 2.45) is 0 Å². The van der Waals surface area contributed by atoms with E-state index in [4.69, 9.17) is 0 Å². The SMILES string of the molecule is CNc1cc(C(F)(F)F)cc(NC2CCCC2)n1. The molecule has 6 heteroatoms. The predicted molar refractivity (Wildman–Crippen MR) is 64.7 cm³/mol. The van der Waals surface area contributed by atoms with Crippen LogP contribution < -0.4 is 10.6 Å². The number of nitrogens with one attached hydrogen (secondary N) is 2. The van der Waals surface area contributed by atoms with Crippen LogP contribution in [-0.4, -0.2) is 18.1 Å². The van der Waals surface area contributed by atoms with Crippen LogP contribution in [0.15, 0.2) is 12.1 Å². The van der Waals surface area contributed by atoms with E-state index in [0.29, 0.717) is 5.82 Å². The highest BCUT2D eigenvalue weighted by atomic mass is 19.4. The average molecular weight is 259 g/mol. The summed E-state index contributed by atoms with van der Waals surface area (Å²) in [6, 6.07) is 2.32. The Balaban J connectivity index is 2.23. The number of rotatable bonds is 3. The molecule has 2 rings (SSSR count). The molecule has 0 atom stereocenters. The highest BCUT2D eigenvalue weighted by Crippen LogP contribution is 2.32. The smallest absolute Gasteiger partial charge is 0.373 e. The van der Waals surface area contributed by atoms with Gasteiger partial charge in [-0.2, -0.15) is 13.2 Å². The lowest BCUT2D eigenvalue weighted by molar-refractivity contribution is -0.137. The summed E-state index contributed by atoms with van der Waals surface area (Å²) in [5, 5.41) is 5.73. The topological polar surface area (TPSA) is 37.0 Å². The van der Waals surface area contributed by atoms with Crippen molar-refractivity contribution in [3.05, 3.63) is 17.7 Å². The molecular formula is C12H16F3N3. The third kappa shape index (κ3) is 3.05. The summed E-state index contributed by atoms with van der Waals surface area (Å²) in [5.74, 6) is 0.520. The quantitative estimate of drug-likeness (QED) is 0.872. The van der Waals surface area contributed by atoms with E-state index < -0.39 is 11.7 Å². The van der Waals surface area contributed by atoms with E-state index in [0.717, 1.165) is 37.8 Å². The molecule has 0 spiro atoms. The molecule has 0 unspecified atom stereocenters. The van der Waals surface area contributed by atoms with Gasteiger partial charge in [-0.25, -0.2) is 4.98 Å². The van der Waals surface area contributed by atoms with E-state index in [-0.39, 0.29) is 11.9 Å². The van der Waals surface area contributed by atoms with Crippen LogP contribution in [0.25, 0.3) is 0 Å². The summed E-state index contributed by atoms with van der Waals surface area (Å²) in [6.07, 6.45) is -0.120. The molecule has 0 aromatic carbocycles. The zero-order valence-electron chi connectivity index (χ0n) is 10.1. The second-order valence-electron chi connectivity index (χ2n) is 4.50. The molecule has 3 nitrogen and oxygen atoms in total. The standard InChI is InChI=1S/C12H16F3N3/c1-16-10-6-8(12(13,14)15)7-11(18-10)17-9-4-2-3-5-9/h6-7,9H,2-5H2,1H3,(H2,16,17,18). The average Bonchev–Trinajstić information content (AvgIpc) is 2.80. The first-order valence-electron chi connectivity index (χ1n) is 6.02. The van der Waals surface area contributed by atoms with Crippen molar-refractivity contribution in [2.45, 2.75) is 37.9 Å². The van der Waals surface area contributed by atoms with Crippen LogP contribution in [0.2, 0.25) is 0 Å². The summed E-state index contributed by atoms with van der Waals surface area (Å²) < 4.78 is 38.1. The van der Waals surface area contributed by atoms with E-state index in [9.17, 15) is 13.2 Å². The van der Waals surface area contributed by atoms with Crippen LogP contribution in [0.4, 0.5) is 24.8 Å². The number of halogens is 3. The highest BCUT2D eigenvalue weighted by Gasteiger charge is 2.31. The van der Waals surface area contributed by atoms with Gasteiger partial charge in [0.2, 0.25) is 0 Å². The molecule has 0 aliphatic heterocycles. The van der Waals surface area contributed by atoms with Crippen molar-refractivity contribution in [2.75, 3.05) is 17.7 Å². The minimum atomic E-state index is -4.35. The predicted octanol–water partition coefficient (Wildman–Crippen LogP) is 3.50. The summed E-state index contributed by atoms with van der Waals surface area (Å²) >= 11 is 0. The molecular weight excluding hydrogens is 243 g/mol. The van der Waals surface area contributed by atoms with Gasteiger partial charge in [-0.15, -0.1) is 0 Å². The van der Waals surface area contributed by atoms with E-state index in [2.05, 4.69) is 15.6 Å². The summed E-state index contributed by atoms with van der Waals surface area (Å²) in [5.41, 5.74) is -0.678. The Morgan fingerprint density at radius 2 is 1.78 bits per heavy atom. The van der Waals surface area contributed by atoms with Gasteiger partial charge in [-0.05, 0) is 25.0 Å². The van der Waals surface area contributed by atoms with Gasteiger partial charge in [0.05, 0.1) is 5.56 Å². The lowest BCUT2D eigenvalue weighted by Crippen LogP contribution is -2.17. The number of aromatic nitrogens is 1. The molecule has 1 saturated carbocycles.